The number of carbonyl (C=O) groups excluding carboxylic acids is 1. The number of amides is 1. The van der Waals surface area contributed by atoms with Crippen molar-refractivity contribution in [2.75, 3.05) is 49.2 Å². The van der Waals surface area contributed by atoms with Crippen molar-refractivity contribution in [1.29, 1.82) is 0 Å². The van der Waals surface area contributed by atoms with Gasteiger partial charge in [0, 0.05) is 26.6 Å². The van der Waals surface area contributed by atoms with E-state index in [0.717, 1.165) is 6.92 Å². The van der Waals surface area contributed by atoms with Gasteiger partial charge < -0.3 is 25.2 Å². The van der Waals surface area contributed by atoms with Crippen LogP contribution in [-0.4, -0.2) is 62.7 Å². The molecular weight excluding hydrogens is 333 g/mol. The molecule has 8 nitrogen and oxygen atoms in total. The molecule has 2 fully saturated rings. The third kappa shape index (κ3) is 5.04. The summed E-state index contributed by atoms with van der Waals surface area (Å²) in [5.74, 6) is -1.18. The van der Waals surface area contributed by atoms with Crippen LogP contribution in [0.15, 0.2) is 18.2 Å². The van der Waals surface area contributed by atoms with E-state index < -0.39 is 12.1 Å². The molecule has 0 saturated carbocycles. The van der Waals surface area contributed by atoms with Crippen LogP contribution in [0.4, 0.5) is 20.6 Å². The molecule has 1 atom stereocenters. The van der Waals surface area contributed by atoms with Crippen LogP contribution >= 0.6 is 0 Å². The van der Waals surface area contributed by atoms with E-state index in [4.69, 9.17) is 25.1 Å². The van der Waals surface area contributed by atoms with Gasteiger partial charge in [0.15, 0.2) is 0 Å². The number of carbonyl (C=O) groups is 2. The molecule has 0 radical (unpaired) electrons. The highest BCUT2D eigenvalue weighted by molar-refractivity contribution is 5.90. The lowest BCUT2D eigenvalue weighted by molar-refractivity contribution is -0.134. The van der Waals surface area contributed by atoms with Crippen molar-refractivity contribution in [3.05, 3.63) is 24.0 Å². The summed E-state index contributed by atoms with van der Waals surface area (Å²) in [6, 6.07) is 4.79. The highest BCUT2D eigenvalue weighted by Gasteiger charge is 2.32. The summed E-state index contributed by atoms with van der Waals surface area (Å²) in [7, 11) is 0. The van der Waals surface area contributed by atoms with E-state index in [1.807, 2.05) is 4.90 Å². The van der Waals surface area contributed by atoms with E-state index in [2.05, 4.69) is 0 Å². The first-order chi connectivity index (χ1) is 11.9. The molecule has 1 aromatic rings. The Morgan fingerprint density at radius 1 is 1.40 bits per heavy atom. The highest BCUT2D eigenvalue weighted by Crippen LogP contribution is 2.28. The number of hydrogen-bond donors (Lipinski definition) is 2. The second-order valence-electron chi connectivity index (χ2n) is 5.61. The Hall–Kier alpha value is -2.39. The molecule has 0 spiro atoms. The highest BCUT2D eigenvalue weighted by atomic mass is 19.1. The van der Waals surface area contributed by atoms with E-state index in [1.54, 1.807) is 12.1 Å². The van der Waals surface area contributed by atoms with Gasteiger partial charge in [0.05, 0.1) is 31.1 Å². The summed E-state index contributed by atoms with van der Waals surface area (Å²) >= 11 is 0. The van der Waals surface area contributed by atoms with Crippen LogP contribution in [0.25, 0.3) is 0 Å². The van der Waals surface area contributed by atoms with Gasteiger partial charge in [-0.2, -0.15) is 0 Å². The standard InChI is InChI=1S/C14H18FN3O3.C2H4O2/c15-12-7-10(18-9-11(8-16)21-14(18)19)1-2-13(12)17-3-5-20-6-4-17;1-2(3)4/h1-2,7,11H,3-6,8-9,16H2;1H3,(H,3,4). The largest absolute Gasteiger partial charge is 0.481 e. The zero-order valence-electron chi connectivity index (χ0n) is 14.0. The molecule has 138 valence electrons. The van der Waals surface area contributed by atoms with Crippen LogP contribution in [0.1, 0.15) is 6.92 Å². The smallest absolute Gasteiger partial charge is 0.414 e. The van der Waals surface area contributed by atoms with Crippen molar-refractivity contribution in [2.45, 2.75) is 13.0 Å². The number of benzene rings is 1. The van der Waals surface area contributed by atoms with Gasteiger partial charge in [0.25, 0.3) is 5.97 Å². The van der Waals surface area contributed by atoms with Gasteiger partial charge in [-0.3, -0.25) is 9.69 Å². The van der Waals surface area contributed by atoms with Crippen LogP contribution in [0, 0.1) is 5.82 Å². The van der Waals surface area contributed by atoms with Crippen molar-refractivity contribution in [2.24, 2.45) is 5.73 Å². The second-order valence-corrected chi connectivity index (χ2v) is 5.61. The van der Waals surface area contributed by atoms with Crippen molar-refractivity contribution in [1.82, 2.24) is 0 Å². The van der Waals surface area contributed by atoms with Gasteiger partial charge in [-0.15, -0.1) is 0 Å². The summed E-state index contributed by atoms with van der Waals surface area (Å²) in [5, 5.41) is 7.42. The summed E-state index contributed by atoms with van der Waals surface area (Å²) < 4.78 is 24.6. The molecular formula is C16H22FN3O5. The number of anilines is 2. The molecule has 0 aromatic heterocycles. The summed E-state index contributed by atoms with van der Waals surface area (Å²) in [4.78, 5) is 24.1. The van der Waals surface area contributed by atoms with Crippen LogP contribution in [0.2, 0.25) is 0 Å². The predicted octanol–water partition coefficient (Wildman–Crippen LogP) is 1.04. The Bertz CT molecular complexity index is 618. The number of ether oxygens (including phenoxy) is 2. The third-order valence-corrected chi connectivity index (χ3v) is 3.73. The molecule has 0 bridgehead atoms. The number of cyclic esters (lactones) is 1. The number of nitrogens with zero attached hydrogens (tertiary/aromatic N) is 2. The van der Waals surface area contributed by atoms with Gasteiger partial charge in [-0.25, -0.2) is 9.18 Å². The number of aliphatic carboxylic acids is 1. The van der Waals surface area contributed by atoms with E-state index in [9.17, 15) is 9.18 Å². The molecule has 25 heavy (non-hydrogen) atoms. The fourth-order valence-electron chi connectivity index (χ4n) is 2.58. The molecule has 0 aliphatic carbocycles. The van der Waals surface area contributed by atoms with Gasteiger partial charge in [-0.05, 0) is 18.2 Å². The molecule has 1 aromatic carbocycles. The summed E-state index contributed by atoms with van der Waals surface area (Å²) in [5.41, 5.74) is 6.51. The predicted molar refractivity (Wildman–Crippen MR) is 89.4 cm³/mol. The first-order valence-electron chi connectivity index (χ1n) is 7.92. The van der Waals surface area contributed by atoms with Crippen molar-refractivity contribution < 1.29 is 28.6 Å². The Labute approximate surface area is 144 Å². The van der Waals surface area contributed by atoms with Crippen molar-refractivity contribution >= 4 is 23.4 Å². The number of rotatable bonds is 3. The first kappa shape index (κ1) is 18.9. The molecule has 2 aliphatic heterocycles. The molecule has 2 heterocycles. The lowest BCUT2D eigenvalue weighted by Gasteiger charge is -2.29. The van der Waals surface area contributed by atoms with E-state index in [-0.39, 0.29) is 18.5 Å². The maximum atomic E-state index is 14.3. The monoisotopic (exact) mass is 355 g/mol. The SMILES string of the molecule is CC(=O)O.NCC1CN(c2ccc(N3CCOCC3)c(F)c2)C(=O)O1. The minimum atomic E-state index is -0.833. The maximum absolute atomic E-state index is 14.3. The number of halogens is 1. The Balaban J connectivity index is 0.000000511. The number of carboxylic acid groups (broad SMARTS) is 1. The van der Waals surface area contributed by atoms with Crippen LogP contribution in [0.5, 0.6) is 0 Å². The molecule has 3 rings (SSSR count). The number of morpholine rings is 1. The zero-order valence-corrected chi connectivity index (χ0v) is 14.0. The number of nitrogens with two attached hydrogens (primary N) is 1. The third-order valence-electron chi connectivity index (χ3n) is 3.73. The van der Waals surface area contributed by atoms with E-state index >= 15 is 0 Å². The second kappa shape index (κ2) is 8.63. The number of carboxylic acids is 1. The molecule has 2 saturated heterocycles. The molecule has 2 aliphatic rings. The minimum absolute atomic E-state index is 0.260. The Morgan fingerprint density at radius 2 is 2.04 bits per heavy atom. The lowest BCUT2D eigenvalue weighted by atomic mass is 10.2. The van der Waals surface area contributed by atoms with Crippen LogP contribution in [-0.2, 0) is 14.3 Å². The maximum Gasteiger partial charge on any atom is 0.414 e. The van der Waals surface area contributed by atoms with E-state index in [0.29, 0.717) is 44.2 Å². The van der Waals surface area contributed by atoms with Crippen LogP contribution in [0.3, 0.4) is 0 Å². The molecule has 3 N–H and O–H groups in total. The van der Waals surface area contributed by atoms with Crippen LogP contribution < -0.4 is 15.5 Å². The molecule has 1 amide bonds. The van der Waals surface area contributed by atoms with Gasteiger partial charge in [0.1, 0.15) is 11.9 Å². The first-order valence-corrected chi connectivity index (χ1v) is 7.92. The Kier molecular flexibility index (Phi) is 6.54. The average molecular weight is 355 g/mol. The quantitative estimate of drug-likeness (QED) is 0.834. The van der Waals surface area contributed by atoms with Gasteiger partial charge in [0.2, 0.25) is 0 Å². The topological polar surface area (TPSA) is 105 Å². The number of hydrogen-bond acceptors (Lipinski definition) is 6. The Morgan fingerprint density at radius 3 is 2.56 bits per heavy atom. The fourth-order valence-corrected chi connectivity index (χ4v) is 2.58. The van der Waals surface area contributed by atoms with Gasteiger partial charge >= 0.3 is 6.09 Å². The summed E-state index contributed by atoms with van der Waals surface area (Å²) in [6.07, 6.45) is -0.816. The average Bonchev–Trinajstić information content (AvgIpc) is 2.96. The normalized spacial score (nSPS) is 20.0. The van der Waals surface area contributed by atoms with E-state index in [1.165, 1.54) is 11.0 Å². The van der Waals surface area contributed by atoms with Crippen molar-refractivity contribution in [3.63, 3.8) is 0 Å². The zero-order chi connectivity index (χ0) is 18.4. The van der Waals surface area contributed by atoms with Gasteiger partial charge in [-0.1, -0.05) is 0 Å². The van der Waals surface area contributed by atoms with Crippen molar-refractivity contribution in [3.8, 4) is 0 Å². The molecule has 9 heteroatoms. The minimum Gasteiger partial charge on any atom is -0.481 e. The lowest BCUT2D eigenvalue weighted by Crippen LogP contribution is -2.36. The molecule has 1 unspecified atom stereocenters. The fraction of sp³-hybridized carbons (Fsp3) is 0.500. The summed E-state index contributed by atoms with van der Waals surface area (Å²) in [6.45, 7) is 4.21.